The first-order valence-corrected chi connectivity index (χ1v) is 10.3. The molecule has 0 aliphatic rings. The lowest BCUT2D eigenvalue weighted by atomic mass is 10.1. The molecule has 0 fully saturated rings. The van der Waals surface area contributed by atoms with Crippen molar-refractivity contribution in [3.05, 3.63) is 75.2 Å². The molecular formula is C22H21FIN3O4. The van der Waals surface area contributed by atoms with Crippen molar-refractivity contribution in [3.8, 4) is 11.5 Å². The molecule has 7 nitrogen and oxygen atoms in total. The fourth-order valence-electron chi connectivity index (χ4n) is 2.99. The molecule has 2 N–H and O–H groups in total. The van der Waals surface area contributed by atoms with Crippen molar-refractivity contribution >= 4 is 40.2 Å². The quantitative estimate of drug-likeness (QED) is 0.388. The number of ether oxygens (including phenoxy) is 2. The highest BCUT2D eigenvalue weighted by molar-refractivity contribution is 14.1. The van der Waals surface area contributed by atoms with Gasteiger partial charge < -0.3 is 19.5 Å². The lowest BCUT2D eigenvalue weighted by Crippen LogP contribution is -2.25. The van der Waals surface area contributed by atoms with Crippen molar-refractivity contribution in [2.45, 2.75) is 13.1 Å². The van der Waals surface area contributed by atoms with E-state index in [1.165, 1.54) is 6.20 Å². The standard InChI is InChI=1S/C22H21FIN3O4/c1-30-16-7-3-14(4-8-16)12-27(13-15-5-9-17(31-2)10-6-15)21-19(23)20(24)18(11-25-21)26-22(28)29/h3-11,26H,12-13H2,1-2H3,(H,28,29). The van der Waals surface area contributed by atoms with Crippen molar-refractivity contribution in [2.24, 2.45) is 0 Å². The van der Waals surface area contributed by atoms with Crippen molar-refractivity contribution in [1.29, 1.82) is 0 Å². The highest BCUT2D eigenvalue weighted by Gasteiger charge is 2.20. The largest absolute Gasteiger partial charge is 0.497 e. The summed E-state index contributed by atoms with van der Waals surface area (Å²) in [5.74, 6) is 1.00. The van der Waals surface area contributed by atoms with Crippen LogP contribution in [0.1, 0.15) is 11.1 Å². The second kappa shape index (κ2) is 10.3. The van der Waals surface area contributed by atoms with Gasteiger partial charge in [-0.3, -0.25) is 5.32 Å². The van der Waals surface area contributed by atoms with E-state index in [1.807, 2.05) is 48.5 Å². The molecule has 9 heteroatoms. The van der Waals surface area contributed by atoms with Crippen LogP contribution in [0, 0.1) is 9.39 Å². The zero-order chi connectivity index (χ0) is 22.4. The number of hydrogen-bond donors (Lipinski definition) is 2. The summed E-state index contributed by atoms with van der Waals surface area (Å²) in [5, 5.41) is 11.1. The van der Waals surface area contributed by atoms with E-state index in [0.29, 0.717) is 13.1 Å². The maximum absolute atomic E-state index is 15.2. The van der Waals surface area contributed by atoms with E-state index >= 15 is 4.39 Å². The Morgan fingerprint density at radius 2 is 1.52 bits per heavy atom. The number of nitrogens with one attached hydrogen (secondary N) is 1. The minimum Gasteiger partial charge on any atom is -0.497 e. The van der Waals surface area contributed by atoms with Gasteiger partial charge in [-0.1, -0.05) is 24.3 Å². The molecule has 0 saturated carbocycles. The summed E-state index contributed by atoms with van der Waals surface area (Å²) < 4.78 is 25.8. The number of carboxylic acid groups (broad SMARTS) is 1. The number of pyridine rings is 1. The summed E-state index contributed by atoms with van der Waals surface area (Å²) in [6.07, 6.45) is 0.0452. The van der Waals surface area contributed by atoms with Gasteiger partial charge in [0.2, 0.25) is 0 Å². The Morgan fingerprint density at radius 3 is 1.94 bits per heavy atom. The molecule has 1 amide bonds. The van der Waals surface area contributed by atoms with Crippen LogP contribution in [0.15, 0.2) is 54.7 Å². The number of nitrogens with zero attached hydrogens (tertiary/aromatic N) is 2. The Hall–Kier alpha value is -3.08. The highest BCUT2D eigenvalue weighted by Crippen LogP contribution is 2.29. The van der Waals surface area contributed by atoms with Crippen LogP contribution >= 0.6 is 22.6 Å². The number of amides is 1. The molecule has 1 aromatic heterocycles. The summed E-state index contributed by atoms with van der Waals surface area (Å²) in [6.45, 7) is 0.781. The number of benzene rings is 2. The molecule has 0 bridgehead atoms. The Morgan fingerprint density at radius 1 is 1.03 bits per heavy atom. The highest BCUT2D eigenvalue weighted by atomic mass is 127. The fourth-order valence-corrected chi connectivity index (χ4v) is 3.50. The summed E-state index contributed by atoms with van der Waals surface area (Å²) in [5.41, 5.74) is 1.99. The topological polar surface area (TPSA) is 83.9 Å². The molecular weight excluding hydrogens is 516 g/mol. The molecule has 0 saturated heterocycles. The molecule has 0 radical (unpaired) electrons. The van der Waals surface area contributed by atoms with E-state index in [2.05, 4.69) is 10.3 Å². The third kappa shape index (κ3) is 5.75. The maximum atomic E-state index is 15.2. The van der Waals surface area contributed by atoms with Gasteiger partial charge in [-0.25, -0.2) is 14.2 Å². The molecule has 1 heterocycles. The third-order valence-electron chi connectivity index (χ3n) is 4.55. The summed E-state index contributed by atoms with van der Waals surface area (Å²) in [7, 11) is 3.19. The fraction of sp³-hybridized carbons (Fsp3) is 0.182. The molecule has 0 unspecified atom stereocenters. The van der Waals surface area contributed by atoms with Gasteiger partial charge in [-0.05, 0) is 58.0 Å². The second-order valence-corrected chi connectivity index (χ2v) is 7.68. The monoisotopic (exact) mass is 537 g/mol. The van der Waals surface area contributed by atoms with Gasteiger partial charge in [-0.2, -0.15) is 0 Å². The number of methoxy groups -OCH3 is 2. The van der Waals surface area contributed by atoms with Crippen LogP contribution in [0.3, 0.4) is 0 Å². The van der Waals surface area contributed by atoms with E-state index in [4.69, 9.17) is 14.6 Å². The van der Waals surface area contributed by atoms with Crippen molar-refractivity contribution < 1.29 is 23.8 Å². The number of carbonyl (C=O) groups is 1. The first-order chi connectivity index (χ1) is 14.9. The Kier molecular flexibility index (Phi) is 7.50. The Balaban J connectivity index is 1.95. The predicted octanol–water partition coefficient (Wildman–Crippen LogP) is 5.14. The normalized spacial score (nSPS) is 10.5. The molecule has 0 spiro atoms. The van der Waals surface area contributed by atoms with Crippen LogP contribution in [0.25, 0.3) is 0 Å². The van der Waals surface area contributed by atoms with Gasteiger partial charge in [0.25, 0.3) is 0 Å². The van der Waals surface area contributed by atoms with Crippen LogP contribution in [0.2, 0.25) is 0 Å². The molecule has 2 aromatic carbocycles. The van der Waals surface area contributed by atoms with E-state index in [0.717, 1.165) is 22.6 Å². The SMILES string of the molecule is COc1ccc(CN(Cc2ccc(OC)cc2)c2ncc(NC(=O)O)c(I)c2F)cc1. The second-order valence-electron chi connectivity index (χ2n) is 6.61. The van der Waals surface area contributed by atoms with E-state index in [9.17, 15) is 4.79 Å². The summed E-state index contributed by atoms with van der Waals surface area (Å²) in [4.78, 5) is 17.0. The van der Waals surface area contributed by atoms with Crippen LogP contribution < -0.4 is 19.7 Å². The average Bonchev–Trinajstić information content (AvgIpc) is 2.77. The molecule has 0 atom stereocenters. The zero-order valence-electron chi connectivity index (χ0n) is 16.9. The molecule has 162 valence electrons. The van der Waals surface area contributed by atoms with Gasteiger partial charge in [0.15, 0.2) is 11.6 Å². The Labute approximate surface area is 193 Å². The van der Waals surface area contributed by atoms with Crippen molar-refractivity contribution in [3.63, 3.8) is 0 Å². The zero-order valence-corrected chi connectivity index (χ0v) is 19.1. The van der Waals surface area contributed by atoms with E-state index in [1.54, 1.807) is 41.7 Å². The number of rotatable bonds is 8. The average molecular weight is 537 g/mol. The number of hydrogen-bond acceptors (Lipinski definition) is 5. The number of aromatic nitrogens is 1. The minimum absolute atomic E-state index is 0.100. The van der Waals surface area contributed by atoms with Gasteiger partial charge in [0.05, 0.1) is 29.7 Å². The summed E-state index contributed by atoms with van der Waals surface area (Å²) in [6, 6.07) is 15.0. The predicted molar refractivity (Wildman–Crippen MR) is 124 cm³/mol. The molecule has 0 aliphatic heterocycles. The van der Waals surface area contributed by atoms with Crippen molar-refractivity contribution in [1.82, 2.24) is 4.98 Å². The molecule has 0 aliphatic carbocycles. The first kappa shape index (κ1) is 22.6. The minimum atomic E-state index is -1.28. The van der Waals surface area contributed by atoms with Gasteiger partial charge in [-0.15, -0.1) is 0 Å². The van der Waals surface area contributed by atoms with Crippen LogP contribution in [-0.4, -0.2) is 30.4 Å². The smallest absolute Gasteiger partial charge is 0.409 e. The lowest BCUT2D eigenvalue weighted by molar-refractivity contribution is 0.209. The van der Waals surface area contributed by atoms with Crippen LogP contribution in [0.5, 0.6) is 11.5 Å². The Bertz CT molecular complexity index is 996. The summed E-state index contributed by atoms with van der Waals surface area (Å²) >= 11 is 1.78. The number of halogens is 2. The first-order valence-electron chi connectivity index (χ1n) is 9.26. The molecule has 3 rings (SSSR count). The molecule has 31 heavy (non-hydrogen) atoms. The van der Waals surface area contributed by atoms with Crippen molar-refractivity contribution in [2.75, 3.05) is 24.4 Å². The van der Waals surface area contributed by atoms with E-state index in [-0.39, 0.29) is 15.1 Å². The van der Waals surface area contributed by atoms with Gasteiger partial charge >= 0.3 is 6.09 Å². The maximum Gasteiger partial charge on any atom is 0.409 e. The third-order valence-corrected chi connectivity index (χ3v) is 5.60. The lowest BCUT2D eigenvalue weighted by Gasteiger charge is -2.25. The van der Waals surface area contributed by atoms with E-state index < -0.39 is 11.9 Å². The van der Waals surface area contributed by atoms with Crippen LogP contribution in [-0.2, 0) is 13.1 Å². The van der Waals surface area contributed by atoms with Gasteiger partial charge in [0.1, 0.15) is 11.5 Å². The van der Waals surface area contributed by atoms with Gasteiger partial charge in [0, 0.05) is 13.1 Å². The number of anilines is 2. The van der Waals surface area contributed by atoms with Crippen LogP contribution in [0.4, 0.5) is 20.7 Å². The molecule has 3 aromatic rings.